The van der Waals surface area contributed by atoms with Crippen LogP contribution in [0.4, 0.5) is 0 Å². The molecule has 0 unspecified atom stereocenters. The lowest BCUT2D eigenvalue weighted by Crippen LogP contribution is -2.17. The van der Waals surface area contributed by atoms with Crippen molar-refractivity contribution in [3.63, 3.8) is 0 Å². The van der Waals surface area contributed by atoms with E-state index in [1.54, 1.807) is 19.9 Å². The maximum atomic E-state index is 12.2. The Kier molecular flexibility index (Phi) is 6.93. The second-order valence-electron chi connectivity index (χ2n) is 6.53. The zero-order valence-electron chi connectivity index (χ0n) is 16.2. The van der Waals surface area contributed by atoms with Gasteiger partial charge < -0.3 is 14.2 Å². The van der Waals surface area contributed by atoms with Crippen LogP contribution in [0.1, 0.15) is 48.5 Å². The van der Waals surface area contributed by atoms with E-state index in [2.05, 4.69) is 31.0 Å². The van der Waals surface area contributed by atoms with Crippen LogP contribution in [0.2, 0.25) is 0 Å². The number of carbonyl (C=O) groups excluding carboxylic acids is 2. The molecule has 0 spiro atoms. The van der Waals surface area contributed by atoms with E-state index in [0.717, 1.165) is 5.57 Å². The Bertz CT molecular complexity index is 790. The molecule has 27 heavy (non-hydrogen) atoms. The van der Waals surface area contributed by atoms with Gasteiger partial charge in [0.05, 0.1) is 18.8 Å². The lowest BCUT2D eigenvalue weighted by Gasteiger charge is -2.16. The number of rotatable bonds is 7. The Balaban J connectivity index is 2.22. The van der Waals surface area contributed by atoms with Crippen LogP contribution in [-0.4, -0.2) is 36.7 Å². The minimum Gasteiger partial charge on any atom is -0.473 e. The summed E-state index contributed by atoms with van der Waals surface area (Å²) in [7, 11) is 0. The second kappa shape index (κ2) is 9.16. The maximum absolute atomic E-state index is 12.2. The van der Waals surface area contributed by atoms with Crippen molar-refractivity contribution >= 4 is 11.9 Å². The molecule has 0 fully saturated rings. The Hall–Kier alpha value is -2.89. The molecule has 1 heterocycles. The molecule has 0 saturated heterocycles. The monoisotopic (exact) mass is 371 g/mol. The molecule has 0 N–H and O–H groups in total. The van der Waals surface area contributed by atoms with E-state index in [-0.39, 0.29) is 42.4 Å². The molecule has 0 saturated carbocycles. The van der Waals surface area contributed by atoms with E-state index in [4.69, 9.17) is 14.2 Å². The molecule has 0 aromatic carbocycles. The van der Waals surface area contributed by atoms with E-state index >= 15 is 0 Å². The average Bonchev–Trinajstić information content (AvgIpc) is 2.80. The fraction of sp³-hybridized carbons (Fsp3) is 0.381. The van der Waals surface area contributed by atoms with Crippen molar-refractivity contribution in [2.75, 3.05) is 19.8 Å². The normalized spacial score (nSPS) is 14.9. The molecule has 6 heteroatoms. The van der Waals surface area contributed by atoms with Crippen LogP contribution < -0.4 is 4.74 Å². The number of hydrogen-bond acceptors (Lipinski definition) is 6. The largest absolute Gasteiger partial charge is 0.473 e. The van der Waals surface area contributed by atoms with Gasteiger partial charge in [0.1, 0.15) is 6.61 Å². The molecule has 1 aromatic heterocycles. The molecule has 1 aliphatic rings. The number of allylic oxidation sites excluding steroid dienone is 4. The van der Waals surface area contributed by atoms with Crippen LogP contribution in [0.5, 0.6) is 5.88 Å². The van der Waals surface area contributed by atoms with Crippen LogP contribution >= 0.6 is 0 Å². The molecule has 0 amide bonds. The fourth-order valence-electron chi connectivity index (χ4n) is 2.55. The van der Waals surface area contributed by atoms with Crippen molar-refractivity contribution < 1.29 is 23.8 Å². The van der Waals surface area contributed by atoms with Gasteiger partial charge in [0, 0.05) is 11.5 Å². The van der Waals surface area contributed by atoms with Crippen LogP contribution in [0.25, 0.3) is 0 Å². The van der Waals surface area contributed by atoms with Crippen molar-refractivity contribution in [3.8, 4) is 5.88 Å². The summed E-state index contributed by atoms with van der Waals surface area (Å²) in [4.78, 5) is 28.4. The first-order valence-electron chi connectivity index (χ1n) is 8.92. The van der Waals surface area contributed by atoms with E-state index in [1.165, 1.54) is 6.07 Å². The molecule has 144 valence electrons. The number of hydrogen-bond donors (Lipinski definition) is 0. The third-order valence-corrected chi connectivity index (χ3v) is 3.73. The smallest absolute Gasteiger partial charge is 0.357 e. The molecule has 1 aromatic rings. The van der Waals surface area contributed by atoms with Gasteiger partial charge in [-0.25, -0.2) is 14.6 Å². The lowest BCUT2D eigenvalue weighted by atomic mass is 9.91. The van der Waals surface area contributed by atoms with Crippen LogP contribution in [-0.2, 0) is 9.47 Å². The summed E-state index contributed by atoms with van der Waals surface area (Å²) in [5.41, 5.74) is 0.847. The van der Waals surface area contributed by atoms with Crippen molar-refractivity contribution in [2.24, 2.45) is 5.41 Å². The highest BCUT2D eigenvalue weighted by Crippen LogP contribution is 2.24. The predicted octanol–water partition coefficient (Wildman–Crippen LogP) is 3.89. The SMILES string of the molecule is CCOC(=O)c1ccc(OCC2=CC(C)(C)C=CC=C2)nc1C(=O)OCC. The first-order valence-corrected chi connectivity index (χ1v) is 8.92. The molecule has 1 aliphatic carbocycles. The molecule has 0 atom stereocenters. The van der Waals surface area contributed by atoms with Gasteiger partial charge in [0.2, 0.25) is 5.88 Å². The molecule has 0 aliphatic heterocycles. The van der Waals surface area contributed by atoms with Gasteiger partial charge in [-0.15, -0.1) is 0 Å². The minimum absolute atomic E-state index is 0.0570. The van der Waals surface area contributed by atoms with Gasteiger partial charge in [-0.05, 0) is 25.5 Å². The Labute approximate surface area is 159 Å². The highest BCUT2D eigenvalue weighted by Gasteiger charge is 2.22. The number of nitrogens with zero attached hydrogens (tertiary/aromatic N) is 1. The van der Waals surface area contributed by atoms with Crippen molar-refractivity contribution in [1.82, 2.24) is 4.98 Å². The highest BCUT2D eigenvalue weighted by molar-refractivity contribution is 6.01. The van der Waals surface area contributed by atoms with Crippen LogP contribution in [0.15, 0.2) is 48.1 Å². The van der Waals surface area contributed by atoms with Gasteiger partial charge in [0.15, 0.2) is 5.69 Å². The van der Waals surface area contributed by atoms with E-state index in [9.17, 15) is 9.59 Å². The zero-order valence-corrected chi connectivity index (χ0v) is 16.2. The van der Waals surface area contributed by atoms with Crippen LogP contribution in [0, 0.1) is 5.41 Å². The number of carbonyl (C=O) groups is 2. The first-order chi connectivity index (χ1) is 12.9. The van der Waals surface area contributed by atoms with E-state index in [1.807, 2.05) is 18.2 Å². The van der Waals surface area contributed by atoms with Crippen LogP contribution in [0.3, 0.4) is 0 Å². The van der Waals surface area contributed by atoms with E-state index in [0.29, 0.717) is 0 Å². The Morgan fingerprint density at radius 2 is 1.74 bits per heavy atom. The van der Waals surface area contributed by atoms with Gasteiger partial charge in [-0.3, -0.25) is 0 Å². The molecular formula is C21H25NO5. The molecule has 6 nitrogen and oxygen atoms in total. The zero-order chi connectivity index (χ0) is 19.9. The highest BCUT2D eigenvalue weighted by atomic mass is 16.5. The van der Waals surface area contributed by atoms with E-state index < -0.39 is 11.9 Å². The molecule has 0 bridgehead atoms. The standard InChI is InChI=1S/C21H25NO5/c1-5-25-19(23)16-10-11-17(22-18(16)20(24)26-6-2)27-14-15-9-7-8-12-21(3,4)13-15/h7-13H,5-6,14H2,1-4H3. The van der Waals surface area contributed by atoms with Crippen molar-refractivity contribution in [2.45, 2.75) is 27.7 Å². The number of aromatic nitrogens is 1. The van der Waals surface area contributed by atoms with Crippen molar-refractivity contribution in [1.29, 1.82) is 0 Å². The maximum Gasteiger partial charge on any atom is 0.357 e. The predicted molar refractivity (Wildman–Crippen MR) is 102 cm³/mol. The molecule has 0 radical (unpaired) electrons. The molecule has 2 rings (SSSR count). The van der Waals surface area contributed by atoms with Gasteiger partial charge >= 0.3 is 11.9 Å². The number of pyridine rings is 1. The van der Waals surface area contributed by atoms with Crippen molar-refractivity contribution in [3.05, 3.63) is 59.3 Å². The second-order valence-corrected chi connectivity index (χ2v) is 6.53. The third-order valence-electron chi connectivity index (χ3n) is 3.73. The summed E-state index contributed by atoms with van der Waals surface area (Å²) in [6.07, 6.45) is 10.1. The third kappa shape index (κ3) is 5.81. The minimum atomic E-state index is -0.690. The quantitative estimate of drug-likeness (QED) is 0.677. The summed E-state index contributed by atoms with van der Waals surface area (Å²) < 4.78 is 15.7. The van der Waals surface area contributed by atoms with Gasteiger partial charge in [0.25, 0.3) is 0 Å². The Morgan fingerprint density at radius 3 is 2.44 bits per heavy atom. The lowest BCUT2D eigenvalue weighted by molar-refractivity contribution is 0.0472. The van der Waals surface area contributed by atoms with Gasteiger partial charge in [-0.2, -0.15) is 0 Å². The fourth-order valence-corrected chi connectivity index (χ4v) is 2.55. The number of esters is 2. The summed E-state index contributed by atoms with van der Waals surface area (Å²) in [5.74, 6) is -1.08. The summed E-state index contributed by atoms with van der Waals surface area (Å²) >= 11 is 0. The summed E-state index contributed by atoms with van der Waals surface area (Å²) in [6, 6.07) is 3.01. The Morgan fingerprint density at radius 1 is 1.04 bits per heavy atom. The topological polar surface area (TPSA) is 74.7 Å². The summed E-state index contributed by atoms with van der Waals surface area (Å²) in [6.45, 7) is 8.23. The molecular weight excluding hydrogens is 346 g/mol. The average molecular weight is 371 g/mol. The van der Waals surface area contributed by atoms with Gasteiger partial charge in [-0.1, -0.05) is 44.2 Å². The number of ether oxygens (including phenoxy) is 3. The first kappa shape index (κ1) is 20.4. The summed E-state index contributed by atoms with van der Waals surface area (Å²) in [5, 5.41) is 0.